The number of phenolic OH excluding ortho intramolecular Hbond substituents is 1. The number of nitrogens with zero attached hydrogens (tertiary/aromatic N) is 1. The summed E-state index contributed by atoms with van der Waals surface area (Å²) in [5, 5.41) is 9.96. The zero-order valence-electron chi connectivity index (χ0n) is 9.24. The third-order valence-electron chi connectivity index (χ3n) is 2.24. The molecule has 0 aliphatic heterocycles. The van der Waals surface area contributed by atoms with E-state index in [1.807, 2.05) is 32.9 Å². The van der Waals surface area contributed by atoms with E-state index in [0.29, 0.717) is 5.56 Å². The molecule has 0 heterocycles. The number of hydrogen-bond donors (Lipinski definition) is 1. The number of hydrogen-bond acceptors (Lipinski definition) is 3. The van der Waals surface area contributed by atoms with E-state index in [9.17, 15) is 9.90 Å². The van der Waals surface area contributed by atoms with Crippen molar-refractivity contribution >= 4 is 6.08 Å². The molecule has 1 N–H and O–H groups in total. The molecule has 3 nitrogen and oxygen atoms in total. The highest BCUT2D eigenvalue weighted by Gasteiger charge is 2.19. The molecule has 0 radical (unpaired) electrons. The highest BCUT2D eigenvalue weighted by molar-refractivity contribution is 5.45. The lowest BCUT2D eigenvalue weighted by atomic mass is 9.85. The van der Waals surface area contributed by atoms with E-state index in [1.165, 1.54) is 6.08 Å². The zero-order chi connectivity index (χ0) is 11.5. The van der Waals surface area contributed by atoms with Gasteiger partial charge in [0.05, 0.1) is 6.54 Å². The second kappa shape index (κ2) is 4.28. The number of benzene rings is 1. The smallest absolute Gasteiger partial charge is 0.235 e. The maximum atomic E-state index is 10.00. The summed E-state index contributed by atoms with van der Waals surface area (Å²) in [6.45, 7) is 6.25. The van der Waals surface area contributed by atoms with Crippen LogP contribution in [0.5, 0.6) is 5.75 Å². The Morgan fingerprint density at radius 1 is 1.40 bits per heavy atom. The maximum absolute atomic E-state index is 10.00. The lowest BCUT2D eigenvalue weighted by molar-refractivity contribution is 0.440. The minimum absolute atomic E-state index is 0.120. The molecule has 0 bridgehead atoms. The van der Waals surface area contributed by atoms with Crippen LogP contribution in [-0.4, -0.2) is 11.2 Å². The average Bonchev–Trinajstić information content (AvgIpc) is 2.14. The number of isocyanates is 1. The van der Waals surface area contributed by atoms with Gasteiger partial charge in [0.25, 0.3) is 0 Å². The second-order valence-corrected chi connectivity index (χ2v) is 4.47. The molecule has 1 aromatic rings. The van der Waals surface area contributed by atoms with Crippen molar-refractivity contribution in [3.63, 3.8) is 0 Å². The van der Waals surface area contributed by atoms with Gasteiger partial charge in [-0.25, -0.2) is 9.79 Å². The van der Waals surface area contributed by atoms with E-state index in [-0.39, 0.29) is 17.7 Å². The summed E-state index contributed by atoms with van der Waals surface area (Å²) in [7, 11) is 0. The summed E-state index contributed by atoms with van der Waals surface area (Å²) in [5.41, 5.74) is 1.40. The van der Waals surface area contributed by atoms with E-state index in [1.54, 1.807) is 6.07 Å². The first kappa shape index (κ1) is 11.5. The van der Waals surface area contributed by atoms with Gasteiger partial charge in [-0.15, -0.1) is 0 Å². The van der Waals surface area contributed by atoms with Crippen LogP contribution in [0.2, 0.25) is 0 Å². The molecule has 0 saturated heterocycles. The van der Waals surface area contributed by atoms with Crippen LogP contribution in [-0.2, 0) is 16.8 Å². The molecule has 0 atom stereocenters. The first-order valence-electron chi connectivity index (χ1n) is 4.82. The highest BCUT2D eigenvalue weighted by Crippen LogP contribution is 2.33. The quantitative estimate of drug-likeness (QED) is 0.595. The van der Waals surface area contributed by atoms with Gasteiger partial charge >= 0.3 is 0 Å². The van der Waals surface area contributed by atoms with Crippen LogP contribution >= 0.6 is 0 Å². The van der Waals surface area contributed by atoms with Crippen molar-refractivity contribution in [3.8, 4) is 5.75 Å². The molecular weight excluding hydrogens is 190 g/mol. The standard InChI is InChI=1S/C12H15NO2/c1-12(2,3)10-6-4-5-9(11(10)15)7-13-8-14/h4-6,15H,7H2,1-3H3. The number of para-hydroxylation sites is 1. The third-order valence-corrected chi connectivity index (χ3v) is 2.24. The summed E-state index contributed by atoms with van der Waals surface area (Å²) in [5.74, 6) is 0.226. The Balaban J connectivity index is 3.17. The molecule has 0 saturated carbocycles. The fourth-order valence-electron chi connectivity index (χ4n) is 1.44. The molecule has 0 aliphatic rings. The number of carbonyl (C=O) groups excluding carboxylic acids is 1. The average molecular weight is 205 g/mol. The van der Waals surface area contributed by atoms with Crippen molar-refractivity contribution in [1.29, 1.82) is 0 Å². The van der Waals surface area contributed by atoms with Gasteiger partial charge in [0.2, 0.25) is 6.08 Å². The monoisotopic (exact) mass is 205 g/mol. The number of phenols is 1. The molecule has 1 aromatic carbocycles. The van der Waals surface area contributed by atoms with Crippen LogP contribution in [0.3, 0.4) is 0 Å². The van der Waals surface area contributed by atoms with Crippen LogP contribution in [0.15, 0.2) is 23.2 Å². The topological polar surface area (TPSA) is 49.7 Å². The summed E-state index contributed by atoms with van der Waals surface area (Å²) in [6, 6.07) is 5.49. The van der Waals surface area contributed by atoms with Gasteiger partial charge in [0.15, 0.2) is 0 Å². The molecular formula is C12H15NO2. The van der Waals surface area contributed by atoms with Gasteiger partial charge < -0.3 is 5.11 Å². The van der Waals surface area contributed by atoms with E-state index < -0.39 is 0 Å². The van der Waals surface area contributed by atoms with Crippen molar-refractivity contribution in [1.82, 2.24) is 0 Å². The molecule has 0 aliphatic carbocycles. The van der Waals surface area contributed by atoms with Crippen molar-refractivity contribution in [2.75, 3.05) is 0 Å². The summed E-state index contributed by atoms with van der Waals surface area (Å²) < 4.78 is 0. The second-order valence-electron chi connectivity index (χ2n) is 4.47. The number of aliphatic imine (C=N–C) groups is 1. The predicted molar refractivity (Wildman–Crippen MR) is 58.6 cm³/mol. The Bertz CT molecular complexity index is 399. The van der Waals surface area contributed by atoms with Crippen molar-refractivity contribution in [3.05, 3.63) is 29.3 Å². The Morgan fingerprint density at radius 3 is 2.60 bits per heavy atom. The van der Waals surface area contributed by atoms with E-state index in [4.69, 9.17) is 0 Å². The van der Waals surface area contributed by atoms with Crippen molar-refractivity contribution in [2.45, 2.75) is 32.7 Å². The Morgan fingerprint density at radius 2 is 2.07 bits per heavy atom. The lowest BCUT2D eigenvalue weighted by Crippen LogP contribution is -2.11. The molecule has 80 valence electrons. The molecule has 0 unspecified atom stereocenters. The summed E-state index contributed by atoms with van der Waals surface area (Å²) in [6.07, 6.45) is 1.47. The predicted octanol–water partition coefficient (Wildman–Crippen LogP) is 2.53. The first-order chi connectivity index (χ1) is 6.96. The molecule has 0 fully saturated rings. The van der Waals surface area contributed by atoms with Crippen LogP contribution < -0.4 is 0 Å². The fourth-order valence-corrected chi connectivity index (χ4v) is 1.44. The number of rotatable bonds is 2. The van der Waals surface area contributed by atoms with E-state index in [2.05, 4.69) is 4.99 Å². The van der Waals surface area contributed by atoms with Crippen LogP contribution in [0.4, 0.5) is 0 Å². The molecule has 15 heavy (non-hydrogen) atoms. The van der Waals surface area contributed by atoms with E-state index in [0.717, 1.165) is 5.56 Å². The van der Waals surface area contributed by atoms with Gasteiger partial charge in [-0.2, -0.15) is 0 Å². The number of aromatic hydroxyl groups is 1. The highest BCUT2D eigenvalue weighted by atomic mass is 16.3. The van der Waals surface area contributed by atoms with Crippen LogP contribution in [0, 0.1) is 0 Å². The summed E-state index contributed by atoms with van der Waals surface area (Å²) >= 11 is 0. The zero-order valence-corrected chi connectivity index (χ0v) is 9.24. The van der Waals surface area contributed by atoms with Gasteiger partial charge in [-0.3, -0.25) is 0 Å². The Labute approximate surface area is 89.5 Å². The normalized spacial score (nSPS) is 10.9. The van der Waals surface area contributed by atoms with Crippen LogP contribution in [0.1, 0.15) is 31.9 Å². The minimum Gasteiger partial charge on any atom is -0.507 e. The first-order valence-corrected chi connectivity index (χ1v) is 4.82. The van der Waals surface area contributed by atoms with Crippen LogP contribution in [0.25, 0.3) is 0 Å². The fraction of sp³-hybridized carbons (Fsp3) is 0.417. The van der Waals surface area contributed by atoms with Gasteiger partial charge in [-0.1, -0.05) is 39.0 Å². The Kier molecular flexibility index (Phi) is 3.28. The van der Waals surface area contributed by atoms with Crippen molar-refractivity contribution in [2.24, 2.45) is 4.99 Å². The molecule has 0 spiro atoms. The van der Waals surface area contributed by atoms with Crippen molar-refractivity contribution < 1.29 is 9.90 Å². The minimum atomic E-state index is -0.120. The largest absolute Gasteiger partial charge is 0.507 e. The third kappa shape index (κ3) is 2.67. The van der Waals surface area contributed by atoms with E-state index >= 15 is 0 Å². The molecule has 0 aromatic heterocycles. The van der Waals surface area contributed by atoms with Gasteiger partial charge in [0, 0.05) is 5.56 Å². The van der Waals surface area contributed by atoms with Gasteiger partial charge in [0.1, 0.15) is 5.75 Å². The lowest BCUT2D eigenvalue weighted by Gasteiger charge is -2.21. The molecule has 3 heteroatoms. The summed E-state index contributed by atoms with van der Waals surface area (Å²) in [4.78, 5) is 13.5. The maximum Gasteiger partial charge on any atom is 0.235 e. The SMILES string of the molecule is CC(C)(C)c1cccc(CN=C=O)c1O. The Hall–Kier alpha value is -1.60. The molecule has 1 rings (SSSR count). The van der Waals surface area contributed by atoms with Gasteiger partial charge in [-0.05, 0) is 11.0 Å². The molecule has 0 amide bonds.